The minimum Gasteiger partial charge on any atom is -0.301 e. The Labute approximate surface area is 107 Å². The fraction of sp³-hybridized carbons (Fsp3) is 0.182. The second-order valence-corrected chi connectivity index (χ2v) is 4.54. The third kappa shape index (κ3) is 2.93. The normalized spacial score (nSPS) is 10.1. The fourth-order valence-electron chi connectivity index (χ4n) is 1.33. The molecule has 0 bridgehead atoms. The number of H-pyrrole nitrogens is 1. The van der Waals surface area contributed by atoms with Crippen LogP contribution in [0, 0.1) is 25.2 Å². The highest BCUT2D eigenvalue weighted by atomic mass is 32.2. The number of aromatic nitrogens is 4. The zero-order valence-electron chi connectivity index (χ0n) is 9.76. The molecule has 0 fully saturated rings. The average Bonchev–Trinajstić information content (AvgIpc) is 2.26. The van der Waals surface area contributed by atoms with Gasteiger partial charge in [0.15, 0.2) is 10.3 Å². The summed E-state index contributed by atoms with van der Waals surface area (Å²) in [4.78, 5) is 26.2. The summed E-state index contributed by atoms with van der Waals surface area (Å²) in [5, 5.41) is 9.62. The van der Waals surface area contributed by atoms with Crippen LogP contribution in [0.25, 0.3) is 0 Å². The van der Waals surface area contributed by atoms with Gasteiger partial charge >= 0.3 is 0 Å². The van der Waals surface area contributed by atoms with Gasteiger partial charge in [-0.15, -0.1) is 0 Å². The van der Waals surface area contributed by atoms with Crippen molar-refractivity contribution in [2.75, 3.05) is 0 Å². The topological polar surface area (TPSA) is 95.3 Å². The second kappa shape index (κ2) is 4.98. The molecule has 0 aliphatic rings. The van der Waals surface area contributed by atoms with Crippen LogP contribution in [0.15, 0.2) is 27.2 Å². The summed E-state index contributed by atoms with van der Waals surface area (Å²) in [5.41, 5.74) is 1.38. The number of nitriles is 1. The fourth-order valence-corrected chi connectivity index (χ4v) is 2.18. The Kier molecular flexibility index (Phi) is 3.39. The summed E-state index contributed by atoms with van der Waals surface area (Å²) in [7, 11) is 0. The van der Waals surface area contributed by atoms with Gasteiger partial charge in [-0.1, -0.05) is 0 Å². The van der Waals surface area contributed by atoms with E-state index in [1.165, 1.54) is 6.07 Å². The molecule has 2 aromatic heterocycles. The van der Waals surface area contributed by atoms with Crippen LogP contribution in [-0.2, 0) is 0 Å². The van der Waals surface area contributed by atoms with E-state index in [4.69, 9.17) is 5.26 Å². The third-order valence-electron chi connectivity index (χ3n) is 1.98. The summed E-state index contributed by atoms with van der Waals surface area (Å²) in [6.45, 7) is 3.51. The van der Waals surface area contributed by atoms with Gasteiger partial charge in [0.05, 0.1) is 0 Å². The van der Waals surface area contributed by atoms with Gasteiger partial charge < -0.3 is 4.98 Å². The number of rotatable bonds is 2. The van der Waals surface area contributed by atoms with E-state index in [0.717, 1.165) is 11.8 Å². The molecular formula is C11H9N5OS. The van der Waals surface area contributed by atoms with E-state index in [9.17, 15) is 4.79 Å². The molecule has 1 N–H and O–H groups in total. The molecule has 0 aliphatic heterocycles. The van der Waals surface area contributed by atoms with Crippen molar-refractivity contribution in [3.8, 4) is 6.07 Å². The van der Waals surface area contributed by atoms with Crippen molar-refractivity contribution in [1.82, 2.24) is 19.9 Å². The lowest BCUT2D eigenvalue weighted by molar-refractivity contribution is 0.877. The largest absolute Gasteiger partial charge is 0.301 e. The highest BCUT2D eigenvalue weighted by Gasteiger charge is 2.06. The summed E-state index contributed by atoms with van der Waals surface area (Å²) >= 11 is 1.12. The van der Waals surface area contributed by atoms with Crippen molar-refractivity contribution in [3.05, 3.63) is 39.6 Å². The van der Waals surface area contributed by atoms with Crippen molar-refractivity contribution in [2.24, 2.45) is 0 Å². The Hall–Kier alpha value is -2.20. The predicted octanol–water partition coefficient (Wildman–Crippen LogP) is 1.20. The van der Waals surface area contributed by atoms with Gasteiger partial charge in [-0.05, 0) is 31.7 Å². The van der Waals surface area contributed by atoms with Crippen LogP contribution in [0.5, 0.6) is 0 Å². The predicted molar refractivity (Wildman–Crippen MR) is 65.2 cm³/mol. The Morgan fingerprint density at radius 1 is 1.22 bits per heavy atom. The lowest BCUT2D eigenvalue weighted by Gasteiger charge is -2.01. The van der Waals surface area contributed by atoms with E-state index < -0.39 is 0 Å². The van der Waals surface area contributed by atoms with Gasteiger partial charge in [0, 0.05) is 17.5 Å². The molecule has 2 rings (SSSR count). The molecule has 0 unspecified atom stereocenters. The summed E-state index contributed by atoms with van der Waals surface area (Å²) in [5.74, 6) is 0. The van der Waals surface area contributed by atoms with Crippen LogP contribution in [-0.4, -0.2) is 19.9 Å². The van der Waals surface area contributed by atoms with E-state index in [1.807, 2.05) is 6.07 Å². The van der Waals surface area contributed by atoms with Crippen LogP contribution < -0.4 is 5.56 Å². The number of hydrogen-bond acceptors (Lipinski definition) is 6. The molecule has 0 saturated carbocycles. The molecule has 0 saturated heterocycles. The molecule has 18 heavy (non-hydrogen) atoms. The maximum Gasteiger partial charge on any atom is 0.251 e. The minimum atomic E-state index is -0.224. The zero-order chi connectivity index (χ0) is 13.1. The molecule has 0 aromatic carbocycles. The van der Waals surface area contributed by atoms with Gasteiger partial charge in [-0.25, -0.2) is 15.0 Å². The summed E-state index contributed by atoms with van der Waals surface area (Å²) in [6, 6.07) is 4.96. The number of hydrogen-bond donors (Lipinski definition) is 1. The van der Waals surface area contributed by atoms with Gasteiger partial charge in [-0.3, -0.25) is 4.79 Å². The van der Waals surface area contributed by atoms with Gasteiger partial charge in [0.2, 0.25) is 0 Å². The molecular weight excluding hydrogens is 250 g/mol. The van der Waals surface area contributed by atoms with Crippen molar-refractivity contribution in [3.63, 3.8) is 0 Å². The quantitative estimate of drug-likeness (QED) is 0.814. The van der Waals surface area contributed by atoms with E-state index in [0.29, 0.717) is 27.4 Å². The second-order valence-electron chi connectivity index (χ2n) is 3.58. The number of aromatic amines is 1. The highest BCUT2D eigenvalue weighted by molar-refractivity contribution is 7.99. The SMILES string of the molecule is Cc1cc(C#N)nc(Sc2nc(C)cc(=O)[nH]2)n1. The Balaban J connectivity index is 2.37. The van der Waals surface area contributed by atoms with Gasteiger partial charge in [0.25, 0.3) is 5.56 Å². The zero-order valence-corrected chi connectivity index (χ0v) is 10.6. The van der Waals surface area contributed by atoms with Crippen molar-refractivity contribution >= 4 is 11.8 Å². The summed E-state index contributed by atoms with van der Waals surface area (Å²) in [6.07, 6.45) is 0. The van der Waals surface area contributed by atoms with Crippen molar-refractivity contribution in [2.45, 2.75) is 24.2 Å². The molecule has 0 aliphatic carbocycles. The van der Waals surface area contributed by atoms with Crippen LogP contribution in [0.4, 0.5) is 0 Å². The van der Waals surface area contributed by atoms with E-state index in [1.54, 1.807) is 19.9 Å². The molecule has 6 nitrogen and oxygen atoms in total. The highest BCUT2D eigenvalue weighted by Crippen LogP contribution is 2.20. The molecule has 0 radical (unpaired) electrons. The molecule has 0 amide bonds. The lowest BCUT2D eigenvalue weighted by atomic mass is 10.4. The molecule has 0 spiro atoms. The van der Waals surface area contributed by atoms with Crippen LogP contribution >= 0.6 is 11.8 Å². The van der Waals surface area contributed by atoms with Crippen LogP contribution in [0.1, 0.15) is 17.1 Å². The third-order valence-corrected chi connectivity index (χ3v) is 2.74. The molecule has 7 heteroatoms. The molecule has 2 aromatic rings. The monoisotopic (exact) mass is 259 g/mol. The molecule has 90 valence electrons. The van der Waals surface area contributed by atoms with Crippen molar-refractivity contribution < 1.29 is 0 Å². The van der Waals surface area contributed by atoms with E-state index in [2.05, 4.69) is 19.9 Å². The first-order valence-electron chi connectivity index (χ1n) is 5.08. The first kappa shape index (κ1) is 12.3. The first-order chi connectivity index (χ1) is 8.56. The van der Waals surface area contributed by atoms with Gasteiger partial charge in [0.1, 0.15) is 11.8 Å². The standard InChI is InChI=1S/C11H9N5OS/c1-6-3-8(5-12)15-10(13-6)18-11-14-7(2)4-9(17)16-11/h3-4H,1-2H3,(H,14,16,17). The number of aryl methyl sites for hydroxylation is 2. The first-order valence-corrected chi connectivity index (χ1v) is 5.90. The molecule has 2 heterocycles. The maximum atomic E-state index is 11.3. The maximum absolute atomic E-state index is 11.3. The number of nitrogens with zero attached hydrogens (tertiary/aromatic N) is 4. The Morgan fingerprint density at radius 3 is 2.61 bits per heavy atom. The molecule has 0 atom stereocenters. The minimum absolute atomic E-state index is 0.224. The number of nitrogens with one attached hydrogen (secondary N) is 1. The Morgan fingerprint density at radius 2 is 1.94 bits per heavy atom. The van der Waals surface area contributed by atoms with Crippen molar-refractivity contribution in [1.29, 1.82) is 5.26 Å². The Bertz CT molecular complexity index is 689. The van der Waals surface area contributed by atoms with E-state index >= 15 is 0 Å². The lowest BCUT2D eigenvalue weighted by Crippen LogP contribution is -2.08. The summed E-state index contributed by atoms with van der Waals surface area (Å²) < 4.78 is 0. The average molecular weight is 259 g/mol. The smallest absolute Gasteiger partial charge is 0.251 e. The van der Waals surface area contributed by atoms with Gasteiger partial charge in [-0.2, -0.15) is 5.26 Å². The van der Waals surface area contributed by atoms with E-state index in [-0.39, 0.29) is 5.56 Å². The van der Waals surface area contributed by atoms with Crippen LogP contribution in [0.2, 0.25) is 0 Å². The van der Waals surface area contributed by atoms with Crippen LogP contribution in [0.3, 0.4) is 0 Å².